The second-order valence-electron chi connectivity index (χ2n) is 4.03. The molecule has 8 heteroatoms. The lowest BCUT2D eigenvalue weighted by Crippen LogP contribution is -2.54. The van der Waals surface area contributed by atoms with Crippen molar-refractivity contribution in [2.45, 2.75) is 37.7 Å². The first-order valence-electron chi connectivity index (χ1n) is 5.61. The molecule has 102 valence electrons. The van der Waals surface area contributed by atoms with E-state index in [9.17, 15) is 14.4 Å². The average molecular weight is 275 g/mol. The maximum absolute atomic E-state index is 12.1. The molecule has 0 aliphatic carbocycles. The maximum Gasteiger partial charge on any atom is 0.327 e. The van der Waals surface area contributed by atoms with Crippen LogP contribution in [0.5, 0.6) is 0 Å². The fraction of sp³-hybridized carbons (Fsp3) is 0.700. The zero-order valence-electron chi connectivity index (χ0n) is 10.3. The van der Waals surface area contributed by atoms with E-state index in [1.807, 2.05) is 6.92 Å². The Kier molecular flexibility index (Phi) is 4.83. The lowest BCUT2D eigenvalue weighted by molar-refractivity contribution is -0.149. The van der Waals surface area contributed by atoms with Gasteiger partial charge >= 0.3 is 12.0 Å². The Bertz CT molecular complexity index is 363. The smallest absolute Gasteiger partial charge is 0.327 e. The van der Waals surface area contributed by atoms with Gasteiger partial charge in [-0.3, -0.25) is 4.79 Å². The Morgan fingerprint density at radius 3 is 2.61 bits per heavy atom. The molecule has 7 nitrogen and oxygen atoms in total. The van der Waals surface area contributed by atoms with E-state index in [-0.39, 0.29) is 5.37 Å². The van der Waals surface area contributed by atoms with Crippen molar-refractivity contribution in [2.24, 2.45) is 5.73 Å². The highest BCUT2D eigenvalue weighted by Gasteiger charge is 2.42. The van der Waals surface area contributed by atoms with Crippen LogP contribution in [0.15, 0.2) is 0 Å². The van der Waals surface area contributed by atoms with Crippen LogP contribution in [0.4, 0.5) is 4.79 Å². The first kappa shape index (κ1) is 14.6. The fourth-order valence-electron chi connectivity index (χ4n) is 1.86. The van der Waals surface area contributed by atoms with Crippen LogP contribution in [-0.2, 0) is 9.59 Å². The number of rotatable bonds is 4. The summed E-state index contributed by atoms with van der Waals surface area (Å²) < 4.78 is 0. The number of primary amides is 1. The SMILES string of the molecule is CCC1SCC(C(=O)O)N1C(=O)C(C)NC(N)=O. The van der Waals surface area contributed by atoms with E-state index in [2.05, 4.69) is 5.32 Å². The normalized spacial score (nSPS) is 24.7. The zero-order valence-corrected chi connectivity index (χ0v) is 11.1. The van der Waals surface area contributed by atoms with Crippen LogP contribution >= 0.6 is 11.8 Å². The number of aliphatic carboxylic acids is 1. The molecule has 0 aromatic rings. The maximum atomic E-state index is 12.1. The summed E-state index contributed by atoms with van der Waals surface area (Å²) in [6.45, 7) is 3.37. The van der Waals surface area contributed by atoms with E-state index in [0.717, 1.165) is 0 Å². The number of carboxylic acid groups (broad SMARTS) is 1. The van der Waals surface area contributed by atoms with Crippen LogP contribution < -0.4 is 11.1 Å². The van der Waals surface area contributed by atoms with E-state index in [1.165, 1.54) is 23.6 Å². The monoisotopic (exact) mass is 275 g/mol. The van der Waals surface area contributed by atoms with Gasteiger partial charge in [-0.1, -0.05) is 6.92 Å². The Morgan fingerprint density at radius 1 is 1.56 bits per heavy atom. The standard InChI is InChI=1S/C10H17N3O4S/c1-3-7-13(6(4-18-7)9(15)16)8(14)5(2)12-10(11)17/h5-7H,3-4H2,1-2H3,(H,15,16)(H3,11,12,17). The molecule has 3 unspecified atom stereocenters. The highest BCUT2D eigenvalue weighted by atomic mass is 32.2. The summed E-state index contributed by atoms with van der Waals surface area (Å²) in [6.07, 6.45) is 0.656. The van der Waals surface area contributed by atoms with Crippen molar-refractivity contribution >= 4 is 29.7 Å². The summed E-state index contributed by atoms with van der Waals surface area (Å²) in [5.41, 5.74) is 4.95. The number of urea groups is 1. The van der Waals surface area contributed by atoms with Gasteiger partial charge in [0.15, 0.2) is 0 Å². The molecule has 0 aromatic carbocycles. The van der Waals surface area contributed by atoms with Gasteiger partial charge in [0, 0.05) is 5.75 Å². The molecule has 0 radical (unpaired) electrons. The van der Waals surface area contributed by atoms with Crippen LogP contribution in [0.25, 0.3) is 0 Å². The molecule has 4 N–H and O–H groups in total. The van der Waals surface area contributed by atoms with Crippen LogP contribution in [0.1, 0.15) is 20.3 Å². The minimum atomic E-state index is -1.03. The Labute approximate surface area is 109 Å². The molecule has 1 heterocycles. The van der Waals surface area contributed by atoms with Crippen molar-refractivity contribution < 1.29 is 19.5 Å². The molecule has 1 rings (SSSR count). The summed E-state index contributed by atoms with van der Waals surface area (Å²) in [5.74, 6) is -1.08. The van der Waals surface area contributed by atoms with Gasteiger partial charge in [-0.25, -0.2) is 9.59 Å². The molecule has 1 aliphatic rings. The number of carbonyl (C=O) groups excluding carboxylic acids is 2. The van der Waals surface area contributed by atoms with E-state index >= 15 is 0 Å². The minimum Gasteiger partial charge on any atom is -0.480 e. The second-order valence-corrected chi connectivity index (χ2v) is 5.24. The molecule has 0 aromatic heterocycles. The van der Waals surface area contributed by atoms with Crippen LogP contribution in [0.2, 0.25) is 0 Å². The number of carboxylic acids is 1. The molecule has 1 aliphatic heterocycles. The van der Waals surface area contributed by atoms with Crippen molar-refractivity contribution in [3.63, 3.8) is 0 Å². The van der Waals surface area contributed by atoms with Crippen molar-refractivity contribution in [3.05, 3.63) is 0 Å². The summed E-state index contributed by atoms with van der Waals surface area (Å²) in [5, 5.41) is 11.2. The fourth-order valence-corrected chi connectivity index (χ4v) is 3.22. The number of carbonyl (C=O) groups is 3. The van der Waals surface area contributed by atoms with Crippen molar-refractivity contribution in [1.29, 1.82) is 0 Å². The summed E-state index contributed by atoms with van der Waals surface area (Å²) >= 11 is 1.43. The lowest BCUT2D eigenvalue weighted by atomic mass is 10.2. The zero-order chi connectivity index (χ0) is 13.9. The number of amides is 3. The van der Waals surface area contributed by atoms with Gasteiger partial charge in [0.1, 0.15) is 12.1 Å². The highest BCUT2D eigenvalue weighted by Crippen LogP contribution is 2.31. The van der Waals surface area contributed by atoms with Crippen LogP contribution in [-0.4, -0.2) is 51.1 Å². The first-order valence-corrected chi connectivity index (χ1v) is 6.65. The van der Waals surface area contributed by atoms with Crippen LogP contribution in [0, 0.1) is 0 Å². The molecule has 18 heavy (non-hydrogen) atoms. The van der Waals surface area contributed by atoms with Gasteiger partial charge < -0.3 is 21.1 Å². The van der Waals surface area contributed by atoms with Gasteiger partial charge in [0.2, 0.25) is 5.91 Å². The van der Waals surface area contributed by atoms with Gasteiger partial charge in [-0.05, 0) is 13.3 Å². The number of nitrogens with one attached hydrogen (secondary N) is 1. The topological polar surface area (TPSA) is 113 Å². The molecule has 1 fully saturated rings. The van der Waals surface area contributed by atoms with Gasteiger partial charge in [0.05, 0.1) is 5.37 Å². The Hall–Kier alpha value is -1.44. The molecule has 0 bridgehead atoms. The first-order chi connectivity index (χ1) is 8.38. The Morgan fingerprint density at radius 2 is 2.17 bits per heavy atom. The number of hydrogen-bond donors (Lipinski definition) is 3. The Balaban J connectivity index is 2.84. The average Bonchev–Trinajstić information content (AvgIpc) is 2.70. The second kappa shape index (κ2) is 5.94. The highest BCUT2D eigenvalue weighted by molar-refractivity contribution is 8.00. The third-order valence-corrected chi connectivity index (χ3v) is 4.16. The summed E-state index contributed by atoms with van der Waals surface area (Å²) in [7, 11) is 0. The van der Waals surface area contributed by atoms with E-state index in [4.69, 9.17) is 10.8 Å². The molecule has 3 atom stereocenters. The predicted octanol–water partition coefficient (Wildman–Crippen LogP) is -0.192. The third kappa shape index (κ3) is 3.06. The molecule has 0 spiro atoms. The number of hydrogen-bond acceptors (Lipinski definition) is 4. The summed E-state index contributed by atoms with van der Waals surface area (Å²) in [4.78, 5) is 35.3. The summed E-state index contributed by atoms with van der Waals surface area (Å²) in [6, 6.07) is -2.47. The van der Waals surface area contributed by atoms with Crippen molar-refractivity contribution in [1.82, 2.24) is 10.2 Å². The number of nitrogens with two attached hydrogens (primary N) is 1. The van der Waals surface area contributed by atoms with Gasteiger partial charge in [-0.2, -0.15) is 0 Å². The minimum absolute atomic E-state index is 0.171. The third-order valence-electron chi connectivity index (χ3n) is 2.71. The number of thioether (sulfide) groups is 1. The quantitative estimate of drug-likeness (QED) is 0.658. The number of nitrogens with zero attached hydrogens (tertiary/aromatic N) is 1. The lowest BCUT2D eigenvalue weighted by Gasteiger charge is -2.29. The van der Waals surface area contributed by atoms with Crippen LogP contribution in [0.3, 0.4) is 0 Å². The van der Waals surface area contributed by atoms with Crippen molar-refractivity contribution in [3.8, 4) is 0 Å². The van der Waals surface area contributed by atoms with E-state index < -0.39 is 30.0 Å². The van der Waals surface area contributed by atoms with E-state index in [1.54, 1.807) is 0 Å². The molecule has 0 saturated carbocycles. The molecule has 3 amide bonds. The van der Waals surface area contributed by atoms with Gasteiger partial charge in [0.25, 0.3) is 0 Å². The molecular formula is C10H17N3O4S. The van der Waals surface area contributed by atoms with E-state index in [0.29, 0.717) is 12.2 Å². The van der Waals surface area contributed by atoms with Gasteiger partial charge in [-0.15, -0.1) is 11.8 Å². The predicted molar refractivity (Wildman–Crippen MR) is 67.0 cm³/mol. The molecule has 1 saturated heterocycles. The largest absolute Gasteiger partial charge is 0.480 e. The van der Waals surface area contributed by atoms with Crippen molar-refractivity contribution in [2.75, 3.05) is 5.75 Å². The molecular weight excluding hydrogens is 258 g/mol.